The van der Waals surface area contributed by atoms with Gasteiger partial charge in [-0.3, -0.25) is 0 Å². The van der Waals surface area contributed by atoms with Crippen LogP contribution in [0.2, 0.25) is 5.02 Å². The van der Waals surface area contributed by atoms with Gasteiger partial charge in [0.15, 0.2) is 0 Å². The normalized spacial score (nSPS) is 10.9. The summed E-state index contributed by atoms with van der Waals surface area (Å²) >= 11 is 6.07. The molecule has 2 N–H and O–H groups in total. The topological polar surface area (TPSA) is 29.3 Å². The number of hydrogen-bond donors (Lipinski definition) is 1. The fourth-order valence-corrected chi connectivity index (χ4v) is 1.80. The molecule has 2 nitrogen and oxygen atoms in total. The maximum absolute atomic E-state index is 6.07. The Bertz CT molecular complexity index is 289. The minimum atomic E-state index is 0.725. The maximum atomic E-state index is 6.07. The lowest BCUT2D eigenvalue weighted by atomic mass is 10.1. The van der Waals surface area contributed by atoms with E-state index in [0.29, 0.717) is 0 Å². The van der Waals surface area contributed by atoms with E-state index in [1.165, 1.54) is 5.56 Å². The average molecular weight is 227 g/mol. The molecule has 0 aliphatic rings. The Morgan fingerprint density at radius 1 is 1.27 bits per heavy atom. The van der Waals surface area contributed by atoms with Crippen molar-refractivity contribution in [2.75, 3.05) is 26.7 Å². The van der Waals surface area contributed by atoms with Gasteiger partial charge in [0.25, 0.3) is 0 Å². The number of benzene rings is 1. The van der Waals surface area contributed by atoms with Crippen molar-refractivity contribution >= 4 is 11.6 Å². The Labute approximate surface area is 97.0 Å². The second-order valence-corrected chi connectivity index (χ2v) is 4.19. The van der Waals surface area contributed by atoms with Gasteiger partial charge < -0.3 is 10.6 Å². The minimum Gasteiger partial charge on any atom is -0.329 e. The lowest BCUT2D eigenvalue weighted by Crippen LogP contribution is -2.26. The molecule has 3 heteroatoms. The second kappa shape index (κ2) is 6.83. The Kier molecular flexibility index (Phi) is 5.69. The molecule has 0 bridgehead atoms. The Morgan fingerprint density at radius 2 is 2.00 bits per heavy atom. The summed E-state index contributed by atoms with van der Waals surface area (Å²) in [6.07, 6.45) is 2.16. The molecule has 0 aliphatic carbocycles. The maximum Gasteiger partial charge on any atom is 0.0437 e. The third kappa shape index (κ3) is 4.65. The molecule has 0 spiro atoms. The molecule has 1 rings (SSSR count). The molecule has 0 saturated carbocycles. The SMILES string of the molecule is CN(CCN)CCCc1ccccc1Cl. The van der Waals surface area contributed by atoms with Gasteiger partial charge in [-0.05, 0) is 38.1 Å². The van der Waals surface area contributed by atoms with Crippen molar-refractivity contribution < 1.29 is 0 Å². The van der Waals surface area contributed by atoms with Crippen LogP contribution < -0.4 is 5.73 Å². The van der Waals surface area contributed by atoms with Crippen LogP contribution in [0.3, 0.4) is 0 Å². The van der Waals surface area contributed by atoms with E-state index in [2.05, 4.69) is 18.0 Å². The molecule has 1 aromatic rings. The first-order valence-electron chi connectivity index (χ1n) is 5.36. The fourth-order valence-electron chi connectivity index (χ4n) is 1.57. The largest absolute Gasteiger partial charge is 0.329 e. The van der Waals surface area contributed by atoms with Gasteiger partial charge in [-0.2, -0.15) is 0 Å². The molecule has 1 aromatic carbocycles. The molecular weight excluding hydrogens is 208 g/mol. The fraction of sp³-hybridized carbons (Fsp3) is 0.500. The summed E-state index contributed by atoms with van der Waals surface area (Å²) in [5.74, 6) is 0. The first-order chi connectivity index (χ1) is 7.24. The van der Waals surface area contributed by atoms with E-state index in [1.807, 2.05) is 18.2 Å². The van der Waals surface area contributed by atoms with Gasteiger partial charge in [0, 0.05) is 18.1 Å². The number of likely N-dealkylation sites (N-methyl/N-ethyl adjacent to an activating group) is 1. The van der Waals surface area contributed by atoms with Crippen LogP contribution in [-0.2, 0) is 6.42 Å². The summed E-state index contributed by atoms with van der Waals surface area (Å²) in [6, 6.07) is 8.03. The molecule has 84 valence electrons. The molecule has 15 heavy (non-hydrogen) atoms. The van der Waals surface area contributed by atoms with Crippen molar-refractivity contribution in [1.29, 1.82) is 0 Å². The highest BCUT2D eigenvalue weighted by Crippen LogP contribution is 2.16. The van der Waals surface area contributed by atoms with Gasteiger partial charge in [-0.25, -0.2) is 0 Å². The Balaban J connectivity index is 2.29. The van der Waals surface area contributed by atoms with Crippen molar-refractivity contribution in [3.63, 3.8) is 0 Å². The van der Waals surface area contributed by atoms with Crippen LogP contribution >= 0.6 is 11.6 Å². The van der Waals surface area contributed by atoms with Crippen molar-refractivity contribution in [2.45, 2.75) is 12.8 Å². The summed E-state index contributed by atoms with van der Waals surface area (Å²) in [6.45, 7) is 2.76. The van der Waals surface area contributed by atoms with E-state index in [-0.39, 0.29) is 0 Å². The van der Waals surface area contributed by atoms with Crippen molar-refractivity contribution in [3.05, 3.63) is 34.9 Å². The average Bonchev–Trinajstić information content (AvgIpc) is 2.21. The highest BCUT2D eigenvalue weighted by Gasteiger charge is 2.00. The molecule has 0 heterocycles. The zero-order valence-electron chi connectivity index (χ0n) is 9.25. The molecule has 0 aromatic heterocycles. The number of hydrogen-bond acceptors (Lipinski definition) is 2. The van der Waals surface area contributed by atoms with Crippen LogP contribution in [-0.4, -0.2) is 31.6 Å². The van der Waals surface area contributed by atoms with Crippen LogP contribution in [0.15, 0.2) is 24.3 Å². The van der Waals surface area contributed by atoms with Crippen LogP contribution in [0.5, 0.6) is 0 Å². The van der Waals surface area contributed by atoms with Crippen LogP contribution in [0, 0.1) is 0 Å². The van der Waals surface area contributed by atoms with Crippen molar-refractivity contribution in [3.8, 4) is 0 Å². The summed E-state index contributed by atoms with van der Waals surface area (Å²) in [5.41, 5.74) is 6.71. The zero-order valence-corrected chi connectivity index (χ0v) is 10.0. The number of nitrogens with two attached hydrogens (primary N) is 1. The van der Waals surface area contributed by atoms with Gasteiger partial charge in [0.05, 0.1) is 0 Å². The van der Waals surface area contributed by atoms with Gasteiger partial charge >= 0.3 is 0 Å². The smallest absolute Gasteiger partial charge is 0.0437 e. The second-order valence-electron chi connectivity index (χ2n) is 3.79. The lowest BCUT2D eigenvalue weighted by Gasteiger charge is -2.15. The lowest BCUT2D eigenvalue weighted by molar-refractivity contribution is 0.338. The predicted molar refractivity (Wildman–Crippen MR) is 66.3 cm³/mol. The van der Waals surface area contributed by atoms with Crippen LogP contribution in [0.1, 0.15) is 12.0 Å². The Morgan fingerprint density at radius 3 is 2.67 bits per heavy atom. The van der Waals surface area contributed by atoms with E-state index < -0.39 is 0 Å². The highest BCUT2D eigenvalue weighted by atomic mass is 35.5. The summed E-state index contributed by atoms with van der Waals surface area (Å²) in [5, 5.41) is 0.874. The van der Waals surface area contributed by atoms with Crippen LogP contribution in [0.25, 0.3) is 0 Å². The first-order valence-corrected chi connectivity index (χ1v) is 5.74. The molecule has 0 saturated heterocycles. The van der Waals surface area contributed by atoms with Gasteiger partial charge in [0.1, 0.15) is 0 Å². The molecule has 0 unspecified atom stereocenters. The van der Waals surface area contributed by atoms with Gasteiger partial charge in [-0.15, -0.1) is 0 Å². The van der Waals surface area contributed by atoms with Crippen LogP contribution in [0.4, 0.5) is 0 Å². The molecule has 0 atom stereocenters. The third-order valence-corrected chi connectivity index (χ3v) is 2.82. The van der Waals surface area contributed by atoms with E-state index in [0.717, 1.165) is 37.5 Å². The van der Waals surface area contributed by atoms with E-state index in [1.54, 1.807) is 0 Å². The number of aryl methyl sites for hydroxylation is 1. The highest BCUT2D eigenvalue weighted by molar-refractivity contribution is 6.31. The number of halogens is 1. The minimum absolute atomic E-state index is 0.725. The molecule has 0 aliphatic heterocycles. The summed E-state index contributed by atoms with van der Waals surface area (Å²) in [7, 11) is 2.10. The van der Waals surface area contributed by atoms with Gasteiger partial charge in [0.2, 0.25) is 0 Å². The molecule has 0 radical (unpaired) electrons. The zero-order chi connectivity index (χ0) is 11.1. The predicted octanol–water partition coefficient (Wildman–Crippen LogP) is 2.16. The number of rotatable bonds is 6. The van der Waals surface area contributed by atoms with Crippen molar-refractivity contribution in [2.24, 2.45) is 5.73 Å². The van der Waals surface area contributed by atoms with Crippen molar-refractivity contribution in [1.82, 2.24) is 4.90 Å². The Hall–Kier alpha value is -0.570. The molecule has 0 fully saturated rings. The monoisotopic (exact) mass is 226 g/mol. The number of nitrogens with zero attached hydrogens (tertiary/aromatic N) is 1. The quantitative estimate of drug-likeness (QED) is 0.806. The van der Waals surface area contributed by atoms with Gasteiger partial charge in [-0.1, -0.05) is 29.8 Å². The summed E-state index contributed by atoms with van der Waals surface area (Å²) < 4.78 is 0. The summed E-state index contributed by atoms with van der Waals surface area (Å²) in [4.78, 5) is 2.25. The molecular formula is C12H19ClN2. The van der Waals surface area contributed by atoms with E-state index in [9.17, 15) is 0 Å². The van der Waals surface area contributed by atoms with E-state index in [4.69, 9.17) is 17.3 Å². The first kappa shape index (κ1) is 12.5. The third-order valence-electron chi connectivity index (χ3n) is 2.45. The van der Waals surface area contributed by atoms with E-state index >= 15 is 0 Å². The molecule has 0 amide bonds. The standard InChI is InChI=1S/C12H19ClN2/c1-15(10-8-14)9-4-6-11-5-2-3-7-12(11)13/h2-3,5,7H,4,6,8-10,14H2,1H3.